The van der Waals surface area contributed by atoms with Gasteiger partial charge >= 0.3 is 0 Å². The molecular formula is C13H17N5O. The molecule has 3 rings (SSSR count). The molecule has 19 heavy (non-hydrogen) atoms. The highest BCUT2D eigenvalue weighted by Crippen LogP contribution is 2.15. The molecular weight excluding hydrogens is 242 g/mol. The highest BCUT2D eigenvalue weighted by Gasteiger charge is 2.20. The molecule has 1 aliphatic rings. The van der Waals surface area contributed by atoms with E-state index in [0.29, 0.717) is 12.4 Å². The largest absolute Gasteiger partial charge is 0.310 e. The van der Waals surface area contributed by atoms with Gasteiger partial charge in [0.15, 0.2) is 0 Å². The number of nitrogens with one attached hydrogen (secondary N) is 1. The Balaban J connectivity index is 1.80. The summed E-state index contributed by atoms with van der Waals surface area (Å²) in [6.45, 7) is 4.23. The molecule has 0 spiro atoms. The number of aromatic amines is 1. The van der Waals surface area contributed by atoms with Gasteiger partial charge in [0.25, 0.3) is 5.56 Å². The second kappa shape index (κ2) is 4.62. The summed E-state index contributed by atoms with van der Waals surface area (Å²) in [5.41, 5.74) is 2.92. The Labute approximate surface area is 111 Å². The van der Waals surface area contributed by atoms with E-state index in [2.05, 4.69) is 20.0 Å². The lowest BCUT2D eigenvalue weighted by molar-refractivity contribution is 0.241. The van der Waals surface area contributed by atoms with E-state index in [4.69, 9.17) is 0 Å². The molecule has 0 aromatic carbocycles. The summed E-state index contributed by atoms with van der Waals surface area (Å²) in [4.78, 5) is 21.4. The van der Waals surface area contributed by atoms with Crippen molar-refractivity contribution in [1.29, 1.82) is 0 Å². The van der Waals surface area contributed by atoms with Gasteiger partial charge in [-0.3, -0.25) is 14.4 Å². The second-order valence-corrected chi connectivity index (χ2v) is 5.06. The topological polar surface area (TPSA) is 66.8 Å². The van der Waals surface area contributed by atoms with E-state index in [0.717, 1.165) is 30.8 Å². The standard InChI is InChI=1S/C13H17N5O/c1-9-15-12-3-4-18(8-11(12)13(19)16-9)7-10-5-14-17(2)6-10/h5-6H,3-4,7-8H2,1-2H3,(H,15,16,19). The molecule has 0 radical (unpaired) electrons. The van der Waals surface area contributed by atoms with Crippen molar-refractivity contribution in [1.82, 2.24) is 24.6 Å². The smallest absolute Gasteiger partial charge is 0.255 e. The molecule has 0 amide bonds. The summed E-state index contributed by atoms with van der Waals surface area (Å²) in [7, 11) is 1.91. The summed E-state index contributed by atoms with van der Waals surface area (Å²) < 4.78 is 1.80. The van der Waals surface area contributed by atoms with Crippen LogP contribution in [0.1, 0.15) is 22.6 Å². The zero-order chi connectivity index (χ0) is 13.4. The lowest BCUT2D eigenvalue weighted by Crippen LogP contribution is -2.35. The first-order chi connectivity index (χ1) is 9.11. The maximum Gasteiger partial charge on any atom is 0.255 e. The van der Waals surface area contributed by atoms with Crippen LogP contribution in [-0.4, -0.2) is 31.2 Å². The minimum atomic E-state index is -0.00149. The zero-order valence-corrected chi connectivity index (χ0v) is 11.2. The van der Waals surface area contributed by atoms with E-state index in [-0.39, 0.29) is 5.56 Å². The molecule has 0 bridgehead atoms. The van der Waals surface area contributed by atoms with Crippen LogP contribution in [0.25, 0.3) is 0 Å². The van der Waals surface area contributed by atoms with E-state index in [1.54, 1.807) is 4.68 Å². The van der Waals surface area contributed by atoms with E-state index in [1.165, 1.54) is 5.56 Å². The van der Waals surface area contributed by atoms with Gasteiger partial charge in [0.1, 0.15) is 5.82 Å². The maximum atomic E-state index is 11.9. The molecule has 1 N–H and O–H groups in total. The summed E-state index contributed by atoms with van der Waals surface area (Å²) in [6.07, 6.45) is 4.71. The third-order valence-electron chi connectivity index (χ3n) is 3.43. The van der Waals surface area contributed by atoms with Crippen LogP contribution in [0.2, 0.25) is 0 Å². The van der Waals surface area contributed by atoms with E-state index in [1.807, 2.05) is 26.4 Å². The Morgan fingerprint density at radius 3 is 3.05 bits per heavy atom. The molecule has 0 fully saturated rings. The van der Waals surface area contributed by atoms with Crippen molar-refractivity contribution in [2.75, 3.05) is 6.54 Å². The van der Waals surface area contributed by atoms with Crippen molar-refractivity contribution in [2.24, 2.45) is 7.05 Å². The number of aromatic nitrogens is 4. The number of H-pyrrole nitrogens is 1. The first kappa shape index (κ1) is 12.1. The lowest BCUT2D eigenvalue weighted by atomic mass is 10.1. The van der Waals surface area contributed by atoms with Gasteiger partial charge in [0, 0.05) is 44.9 Å². The van der Waals surface area contributed by atoms with Gasteiger partial charge in [-0.05, 0) is 6.92 Å². The predicted octanol–water partition coefficient (Wildman–Crippen LogP) is 0.370. The zero-order valence-electron chi connectivity index (χ0n) is 11.2. The number of hydrogen-bond donors (Lipinski definition) is 1. The van der Waals surface area contributed by atoms with Crippen LogP contribution < -0.4 is 5.56 Å². The van der Waals surface area contributed by atoms with Crippen LogP contribution in [0.5, 0.6) is 0 Å². The molecule has 0 aliphatic carbocycles. The molecule has 100 valence electrons. The Morgan fingerprint density at radius 1 is 1.47 bits per heavy atom. The highest BCUT2D eigenvalue weighted by atomic mass is 16.1. The van der Waals surface area contributed by atoms with Crippen LogP contribution in [0.4, 0.5) is 0 Å². The minimum Gasteiger partial charge on any atom is -0.310 e. The van der Waals surface area contributed by atoms with Gasteiger partial charge in [-0.1, -0.05) is 0 Å². The summed E-state index contributed by atoms with van der Waals surface area (Å²) in [5.74, 6) is 0.699. The maximum absolute atomic E-state index is 11.9. The average molecular weight is 259 g/mol. The molecule has 0 unspecified atom stereocenters. The van der Waals surface area contributed by atoms with Crippen molar-refractivity contribution < 1.29 is 0 Å². The van der Waals surface area contributed by atoms with Crippen LogP contribution >= 0.6 is 0 Å². The number of hydrogen-bond acceptors (Lipinski definition) is 4. The van der Waals surface area contributed by atoms with Crippen molar-refractivity contribution >= 4 is 0 Å². The van der Waals surface area contributed by atoms with Crippen LogP contribution in [0.15, 0.2) is 17.2 Å². The van der Waals surface area contributed by atoms with Crippen molar-refractivity contribution in [2.45, 2.75) is 26.4 Å². The highest BCUT2D eigenvalue weighted by molar-refractivity contribution is 5.21. The van der Waals surface area contributed by atoms with Crippen molar-refractivity contribution in [3.8, 4) is 0 Å². The number of nitrogens with zero attached hydrogens (tertiary/aromatic N) is 4. The minimum absolute atomic E-state index is 0.00149. The molecule has 6 nitrogen and oxygen atoms in total. The van der Waals surface area contributed by atoms with Crippen molar-refractivity contribution in [3.63, 3.8) is 0 Å². The first-order valence-electron chi connectivity index (χ1n) is 6.40. The summed E-state index contributed by atoms with van der Waals surface area (Å²) >= 11 is 0. The molecule has 0 atom stereocenters. The quantitative estimate of drug-likeness (QED) is 0.846. The van der Waals surface area contributed by atoms with Gasteiger partial charge in [-0.15, -0.1) is 0 Å². The third-order valence-corrected chi connectivity index (χ3v) is 3.43. The normalized spacial score (nSPS) is 15.5. The predicted molar refractivity (Wildman–Crippen MR) is 70.6 cm³/mol. The molecule has 2 aromatic heterocycles. The average Bonchev–Trinajstić information content (AvgIpc) is 2.75. The number of rotatable bonds is 2. The van der Waals surface area contributed by atoms with Gasteiger partial charge in [-0.2, -0.15) is 5.10 Å². The fourth-order valence-electron chi connectivity index (χ4n) is 2.55. The Morgan fingerprint density at radius 2 is 2.32 bits per heavy atom. The van der Waals surface area contributed by atoms with Gasteiger partial charge in [0.2, 0.25) is 0 Å². The van der Waals surface area contributed by atoms with E-state index < -0.39 is 0 Å². The Hall–Kier alpha value is -1.95. The SMILES string of the molecule is Cc1nc2c(c(=O)[nH]1)CN(Cc1cnn(C)c1)CC2. The van der Waals surface area contributed by atoms with Crippen molar-refractivity contribution in [3.05, 3.63) is 45.4 Å². The number of aryl methyl sites for hydroxylation is 2. The summed E-state index contributed by atoms with van der Waals surface area (Å²) in [5, 5.41) is 4.17. The second-order valence-electron chi connectivity index (χ2n) is 5.06. The van der Waals surface area contributed by atoms with Gasteiger partial charge < -0.3 is 4.98 Å². The molecule has 3 heterocycles. The first-order valence-corrected chi connectivity index (χ1v) is 6.40. The molecule has 2 aromatic rings. The molecule has 1 aliphatic heterocycles. The van der Waals surface area contributed by atoms with E-state index in [9.17, 15) is 4.79 Å². The Kier molecular flexibility index (Phi) is 2.94. The van der Waals surface area contributed by atoms with Crippen LogP contribution in [0, 0.1) is 6.92 Å². The number of fused-ring (bicyclic) bond motifs is 1. The molecule has 0 saturated heterocycles. The van der Waals surface area contributed by atoms with Gasteiger partial charge in [-0.25, -0.2) is 4.98 Å². The van der Waals surface area contributed by atoms with Crippen LogP contribution in [-0.2, 0) is 26.6 Å². The fourth-order valence-corrected chi connectivity index (χ4v) is 2.55. The fraction of sp³-hybridized carbons (Fsp3) is 0.462. The monoisotopic (exact) mass is 259 g/mol. The lowest BCUT2D eigenvalue weighted by Gasteiger charge is -2.27. The molecule has 6 heteroatoms. The third kappa shape index (κ3) is 2.44. The molecule has 0 saturated carbocycles. The Bertz CT molecular complexity index is 657. The van der Waals surface area contributed by atoms with E-state index >= 15 is 0 Å². The summed E-state index contributed by atoms with van der Waals surface area (Å²) in [6, 6.07) is 0. The van der Waals surface area contributed by atoms with Gasteiger partial charge in [0.05, 0.1) is 17.5 Å². The van der Waals surface area contributed by atoms with Crippen LogP contribution in [0.3, 0.4) is 0 Å².